The normalized spacial score (nSPS) is 18.5. The molecule has 0 spiro atoms. The van der Waals surface area contributed by atoms with Crippen molar-refractivity contribution in [3.8, 4) is 16.9 Å². The Hall–Kier alpha value is -3.63. The fourth-order valence-corrected chi connectivity index (χ4v) is 4.16. The average molecular weight is 499 g/mol. The van der Waals surface area contributed by atoms with Gasteiger partial charge in [-0.25, -0.2) is 9.97 Å². The number of nitrogens with one attached hydrogen (secondary N) is 2. The molecule has 8 nitrogen and oxygen atoms in total. The molecular weight excluding hydrogens is 470 g/mol. The number of rotatable bonds is 9. The molecule has 190 valence electrons. The number of carbonyl (C=O) groups excluding carboxylic acids is 1. The highest BCUT2D eigenvalue weighted by Gasteiger charge is 2.25. The van der Waals surface area contributed by atoms with Crippen LogP contribution in [0.15, 0.2) is 60.9 Å². The number of aliphatic hydroxyl groups excluding tert-OH is 2. The molecule has 0 radical (unpaired) electrons. The monoisotopic (exact) mass is 498 g/mol. The summed E-state index contributed by atoms with van der Waals surface area (Å²) in [7, 11) is 0. The minimum atomic E-state index is -2.87. The maximum Gasteiger partial charge on any atom is 0.387 e. The van der Waals surface area contributed by atoms with E-state index in [0.717, 1.165) is 18.4 Å². The van der Waals surface area contributed by atoms with E-state index in [4.69, 9.17) is 0 Å². The lowest BCUT2D eigenvalue weighted by Crippen LogP contribution is -2.41. The number of carbonyl (C=O) groups is 1. The fourth-order valence-electron chi connectivity index (χ4n) is 4.16. The Labute approximate surface area is 207 Å². The lowest BCUT2D eigenvalue weighted by molar-refractivity contribution is -0.124. The van der Waals surface area contributed by atoms with E-state index in [2.05, 4.69) is 25.3 Å². The third kappa shape index (κ3) is 6.73. The quantitative estimate of drug-likeness (QED) is 0.353. The van der Waals surface area contributed by atoms with Gasteiger partial charge in [0.2, 0.25) is 11.9 Å². The van der Waals surface area contributed by atoms with Crippen molar-refractivity contribution in [3.05, 3.63) is 66.5 Å². The molecule has 1 amide bonds. The number of amides is 1. The number of hydrogen-bond donors (Lipinski definition) is 4. The molecule has 10 heteroatoms. The van der Waals surface area contributed by atoms with Gasteiger partial charge in [-0.15, -0.1) is 0 Å². The summed E-state index contributed by atoms with van der Waals surface area (Å²) >= 11 is 0. The molecule has 1 atom stereocenters. The van der Waals surface area contributed by atoms with Crippen molar-refractivity contribution >= 4 is 17.5 Å². The molecule has 1 fully saturated rings. The van der Waals surface area contributed by atoms with Gasteiger partial charge >= 0.3 is 6.61 Å². The van der Waals surface area contributed by atoms with Crippen LogP contribution in [0, 0.1) is 0 Å². The first-order valence-corrected chi connectivity index (χ1v) is 11.7. The number of aliphatic hydroxyl groups is 2. The van der Waals surface area contributed by atoms with E-state index in [1.165, 1.54) is 12.1 Å². The van der Waals surface area contributed by atoms with Gasteiger partial charge in [0.15, 0.2) is 0 Å². The molecule has 1 unspecified atom stereocenters. The molecule has 1 aliphatic rings. The van der Waals surface area contributed by atoms with Crippen molar-refractivity contribution in [1.29, 1.82) is 0 Å². The lowest BCUT2D eigenvalue weighted by Gasteiger charge is -2.27. The van der Waals surface area contributed by atoms with Crippen LogP contribution in [0.25, 0.3) is 11.1 Å². The number of ether oxygens (including phenoxy) is 1. The van der Waals surface area contributed by atoms with Crippen molar-refractivity contribution in [2.24, 2.45) is 0 Å². The molecule has 0 saturated heterocycles. The van der Waals surface area contributed by atoms with E-state index in [9.17, 15) is 23.8 Å². The second-order valence-electron chi connectivity index (χ2n) is 8.69. The summed E-state index contributed by atoms with van der Waals surface area (Å²) in [5, 5.41) is 25.5. The maximum atomic E-state index is 12.7. The Bertz CT molecular complexity index is 1120. The summed E-state index contributed by atoms with van der Waals surface area (Å²) in [6, 6.07) is 13.3. The standard InChI is InChI=1S/C26H28F2N4O4/c27-25(28)36-22-11-3-16(4-12-22)18-13-29-26(30-14-18)32-20-5-1-17(2-6-20)23(15-33)24(35)31-19-7-9-21(34)10-8-19/h1-6,11-14,19,21,23,25,33-34H,7-10,15H2,(H,31,35)(H,29,30,32)/t19-,21-,23?. The van der Waals surface area contributed by atoms with E-state index in [1.807, 2.05) is 0 Å². The predicted molar refractivity (Wildman–Crippen MR) is 130 cm³/mol. The molecule has 1 aromatic heterocycles. The van der Waals surface area contributed by atoms with Crippen LogP contribution in [0.4, 0.5) is 20.4 Å². The molecule has 36 heavy (non-hydrogen) atoms. The lowest BCUT2D eigenvalue weighted by atomic mass is 9.92. The van der Waals surface area contributed by atoms with Crippen LogP contribution in [0.5, 0.6) is 5.75 Å². The summed E-state index contributed by atoms with van der Waals surface area (Å²) < 4.78 is 28.9. The van der Waals surface area contributed by atoms with Crippen molar-refractivity contribution in [1.82, 2.24) is 15.3 Å². The second kappa shape index (κ2) is 11.9. The van der Waals surface area contributed by atoms with Crippen LogP contribution in [-0.2, 0) is 4.79 Å². The highest BCUT2D eigenvalue weighted by atomic mass is 19.3. The van der Waals surface area contributed by atoms with Crippen molar-refractivity contribution in [3.63, 3.8) is 0 Å². The number of benzene rings is 2. The minimum absolute atomic E-state index is 0.0138. The SMILES string of the molecule is O=C(N[C@H]1CC[C@H](O)CC1)C(CO)c1ccc(Nc2ncc(-c3ccc(OC(F)F)cc3)cn2)cc1. The van der Waals surface area contributed by atoms with Crippen molar-refractivity contribution in [2.45, 2.75) is 50.4 Å². The highest BCUT2D eigenvalue weighted by molar-refractivity contribution is 5.84. The van der Waals surface area contributed by atoms with Crippen LogP contribution in [0.3, 0.4) is 0 Å². The third-order valence-electron chi connectivity index (χ3n) is 6.18. The van der Waals surface area contributed by atoms with E-state index in [-0.39, 0.29) is 30.4 Å². The topological polar surface area (TPSA) is 117 Å². The van der Waals surface area contributed by atoms with Gasteiger partial charge in [-0.2, -0.15) is 8.78 Å². The average Bonchev–Trinajstić information content (AvgIpc) is 2.87. The van der Waals surface area contributed by atoms with E-state index < -0.39 is 12.5 Å². The number of anilines is 2. The molecule has 0 aliphatic heterocycles. The summed E-state index contributed by atoms with van der Waals surface area (Å²) in [4.78, 5) is 21.3. The Morgan fingerprint density at radius 3 is 2.19 bits per heavy atom. The molecular formula is C26H28F2N4O4. The first-order chi connectivity index (χ1) is 17.4. The molecule has 1 heterocycles. The summed E-state index contributed by atoms with van der Waals surface area (Å²) in [5.41, 5.74) is 2.86. The van der Waals surface area contributed by atoms with Crippen LogP contribution in [0.2, 0.25) is 0 Å². The Balaban J connectivity index is 1.34. The summed E-state index contributed by atoms with van der Waals surface area (Å²) in [5.74, 6) is -0.475. The van der Waals surface area contributed by atoms with E-state index >= 15 is 0 Å². The third-order valence-corrected chi connectivity index (χ3v) is 6.18. The van der Waals surface area contributed by atoms with Crippen LogP contribution < -0.4 is 15.4 Å². The van der Waals surface area contributed by atoms with Gasteiger partial charge in [-0.05, 0) is 61.1 Å². The van der Waals surface area contributed by atoms with Gasteiger partial charge in [0.1, 0.15) is 5.75 Å². The fraction of sp³-hybridized carbons (Fsp3) is 0.346. The van der Waals surface area contributed by atoms with E-state index in [0.29, 0.717) is 35.6 Å². The summed E-state index contributed by atoms with van der Waals surface area (Å²) in [6.07, 6.45) is 5.72. The smallest absolute Gasteiger partial charge is 0.387 e. The van der Waals surface area contributed by atoms with Gasteiger partial charge < -0.3 is 25.6 Å². The van der Waals surface area contributed by atoms with Gasteiger partial charge in [0.25, 0.3) is 0 Å². The number of nitrogens with zero attached hydrogens (tertiary/aromatic N) is 2. The second-order valence-corrected chi connectivity index (χ2v) is 8.69. The number of alkyl halides is 2. The number of hydrogen-bond acceptors (Lipinski definition) is 7. The Morgan fingerprint density at radius 1 is 0.972 bits per heavy atom. The number of halogens is 2. The van der Waals surface area contributed by atoms with Crippen LogP contribution in [-0.4, -0.2) is 51.5 Å². The van der Waals surface area contributed by atoms with Gasteiger partial charge in [0.05, 0.1) is 18.6 Å². The summed E-state index contributed by atoms with van der Waals surface area (Å²) in [6.45, 7) is -3.18. The van der Waals surface area contributed by atoms with Gasteiger partial charge in [-0.3, -0.25) is 4.79 Å². The molecule has 4 N–H and O–H groups in total. The first kappa shape index (κ1) is 25.5. The molecule has 4 rings (SSSR count). The molecule has 3 aromatic rings. The van der Waals surface area contributed by atoms with Gasteiger partial charge in [-0.1, -0.05) is 24.3 Å². The maximum absolute atomic E-state index is 12.7. The molecule has 1 aliphatic carbocycles. The molecule has 2 aromatic carbocycles. The largest absolute Gasteiger partial charge is 0.435 e. The Morgan fingerprint density at radius 2 is 1.61 bits per heavy atom. The molecule has 0 bridgehead atoms. The molecule has 1 saturated carbocycles. The van der Waals surface area contributed by atoms with Crippen LogP contribution in [0.1, 0.15) is 37.2 Å². The minimum Gasteiger partial charge on any atom is -0.435 e. The highest BCUT2D eigenvalue weighted by Crippen LogP contribution is 2.25. The zero-order chi connectivity index (χ0) is 25.5. The zero-order valence-electron chi connectivity index (χ0n) is 19.5. The van der Waals surface area contributed by atoms with Crippen molar-refractivity contribution in [2.75, 3.05) is 11.9 Å². The van der Waals surface area contributed by atoms with Crippen LogP contribution >= 0.6 is 0 Å². The van der Waals surface area contributed by atoms with Gasteiger partial charge in [0, 0.05) is 29.7 Å². The Kier molecular flexibility index (Phi) is 8.40. The van der Waals surface area contributed by atoms with E-state index in [1.54, 1.807) is 48.8 Å². The zero-order valence-corrected chi connectivity index (χ0v) is 19.5. The first-order valence-electron chi connectivity index (χ1n) is 11.7. The number of aromatic nitrogens is 2. The van der Waals surface area contributed by atoms with Crippen molar-refractivity contribution < 1.29 is 28.5 Å². The predicted octanol–water partition coefficient (Wildman–Crippen LogP) is 3.98.